The van der Waals surface area contributed by atoms with Crippen LogP contribution in [0.25, 0.3) is 22.3 Å². The fourth-order valence-corrected chi connectivity index (χ4v) is 3.14. The molecule has 0 aromatic heterocycles. The molecule has 0 radical (unpaired) electrons. The van der Waals surface area contributed by atoms with Crippen LogP contribution in [0.5, 0.6) is 5.75 Å². The van der Waals surface area contributed by atoms with E-state index < -0.39 is 29.6 Å². The number of alkyl halides is 3. The molecule has 0 atom stereocenters. The molecular weight excluding hydrogens is 418 g/mol. The summed E-state index contributed by atoms with van der Waals surface area (Å²) in [6.45, 7) is 1.95. The summed E-state index contributed by atoms with van der Waals surface area (Å²) >= 11 is 0. The number of benzene rings is 3. The van der Waals surface area contributed by atoms with Crippen molar-refractivity contribution >= 4 is 0 Å². The first-order valence-corrected chi connectivity index (χ1v) is 9.43. The standard InChI is InChI=1S/C24H18F6O/c1-2-3-4-5-15-6-8-16(9-7-15)17-10-11-19(20(25)12-17)18-13-21(26)23(22(27)14-18)31-24(28,29)30/h2-3,6-14H,4-5H2,1H3/b3-2+. The number of hydrogen-bond acceptors (Lipinski definition) is 1. The highest BCUT2D eigenvalue weighted by Gasteiger charge is 2.34. The molecule has 0 saturated heterocycles. The van der Waals surface area contributed by atoms with E-state index in [1.54, 1.807) is 6.07 Å². The molecule has 31 heavy (non-hydrogen) atoms. The van der Waals surface area contributed by atoms with E-state index in [4.69, 9.17) is 0 Å². The number of rotatable bonds is 6. The van der Waals surface area contributed by atoms with Gasteiger partial charge in [-0.15, -0.1) is 13.2 Å². The number of aryl methyl sites for hydroxylation is 1. The smallest absolute Gasteiger partial charge is 0.399 e. The molecule has 0 saturated carbocycles. The monoisotopic (exact) mass is 436 g/mol. The van der Waals surface area contributed by atoms with Crippen molar-refractivity contribution in [3.8, 4) is 28.0 Å². The molecular formula is C24H18F6O. The van der Waals surface area contributed by atoms with Gasteiger partial charge in [-0.2, -0.15) is 0 Å². The Balaban J connectivity index is 1.86. The average Bonchev–Trinajstić information content (AvgIpc) is 2.70. The maximum Gasteiger partial charge on any atom is 0.573 e. The largest absolute Gasteiger partial charge is 0.573 e. The van der Waals surface area contributed by atoms with E-state index in [-0.39, 0.29) is 11.1 Å². The van der Waals surface area contributed by atoms with Crippen LogP contribution in [0, 0.1) is 17.5 Å². The second kappa shape index (κ2) is 9.29. The summed E-state index contributed by atoms with van der Waals surface area (Å²) in [6.07, 6.45) is 0.587. The van der Waals surface area contributed by atoms with Gasteiger partial charge in [-0.3, -0.25) is 0 Å². The van der Waals surface area contributed by atoms with Gasteiger partial charge < -0.3 is 4.74 Å². The second-order valence-electron chi connectivity index (χ2n) is 6.82. The molecule has 3 aromatic carbocycles. The summed E-state index contributed by atoms with van der Waals surface area (Å²) in [5.41, 5.74) is 2.05. The number of halogens is 6. The van der Waals surface area contributed by atoms with Gasteiger partial charge in [-0.25, -0.2) is 13.2 Å². The Bertz CT molecular complexity index is 1060. The zero-order valence-corrected chi connectivity index (χ0v) is 16.4. The lowest BCUT2D eigenvalue weighted by atomic mass is 9.98. The van der Waals surface area contributed by atoms with Gasteiger partial charge in [0.15, 0.2) is 11.6 Å². The zero-order chi connectivity index (χ0) is 22.6. The van der Waals surface area contributed by atoms with Crippen LogP contribution in [-0.2, 0) is 6.42 Å². The maximum atomic E-state index is 14.7. The van der Waals surface area contributed by atoms with Crippen LogP contribution in [0.2, 0.25) is 0 Å². The Morgan fingerprint density at radius 1 is 0.774 bits per heavy atom. The molecule has 0 fully saturated rings. The number of hydrogen-bond donors (Lipinski definition) is 0. The Morgan fingerprint density at radius 3 is 1.90 bits per heavy atom. The summed E-state index contributed by atoms with van der Waals surface area (Å²) in [6, 6.07) is 12.9. The van der Waals surface area contributed by atoms with E-state index in [1.165, 1.54) is 12.1 Å². The van der Waals surface area contributed by atoms with Crippen molar-refractivity contribution in [1.29, 1.82) is 0 Å². The van der Waals surface area contributed by atoms with Crippen LogP contribution in [0.4, 0.5) is 26.3 Å². The summed E-state index contributed by atoms with van der Waals surface area (Å²) in [4.78, 5) is 0. The summed E-state index contributed by atoms with van der Waals surface area (Å²) < 4.78 is 82.8. The molecule has 0 N–H and O–H groups in total. The highest BCUT2D eigenvalue weighted by Crippen LogP contribution is 2.34. The highest BCUT2D eigenvalue weighted by molar-refractivity contribution is 5.71. The van der Waals surface area contributed by atoms with Gasteiger partial charge in [0.1, 0.15) is 5.82 Å². The van der Waals surface area contributed by atoms with Crippen molar-refractivity contribution in [2.45, 2.75) is 26.1 Å². The van der Waals surface area contributed by atoms with Crippen LogP contribution >= 0.6 is 0 Å². The van der Waals surface area contributed by atoms with Crippen LogP contribution in [0.1, 0.15) is 18.9 Å². The molecule has 0 unspecified atom stereocenters. The lowest BCUT2D eigenvalue weighted by Gasteiger charge is -2.13. The average molecular weight is 436 g/mol. The molecule has 0 aliphatic carbocycles. The molecule has 1 nitrogen and oxygen atoms in total. The fourth-order valence-electron chi connectivity index (χ4n) is 3.14. The predicted octanol–water partition coefficient (Wildman–Crippen LogP) is 7.85. The first kappa shape index (κ1) is 22.5. The van der Waals surface area contributed by atoms with Crippen LogP contribution in [-0.4, -0.2) is 6.36 Å². The van der Waals surface area contributed by atoms with Crippen LogP contribution < -0.4 is 4.74 Å². The maximum absolute atomic E-state index is 14.7. The minimum absolute atomic E-state index is 0.150. The molecule has 0 aliphatic rings. The van der Waals surface area contributed by atoms with Crippen LogP contribution in [0.3, 0.4) is 0 Å². The van der Waals surface area contributed by atoms with Gasteiger partial charge in [-0.05, 0) is 60.2 Å². The molecule has 0 amide bonds. The summed E-state index contributed by atoms with van der Waals surface area (Å²) in [5.74, 6) is -5.51. The normalized spacial score (nSPS) is 11.8. The third-order valence-electron chi connectivity index (χ3n) is 4.62. The molecule has 0 heterocycles. The summed E-state index contributed by atoms with van der Waals surface area (Å²) in [5, 5.41) is 0. The van der Waals surface area contributed by atoms with E-state index in [0.717, 1.165) is 24.0 Å². The SMILES string of the molecule is C/C=C/CCc1ccc(-c2ccc(-c3cc(F)c(OC(F)(F)F)c(F)c3)c(F)c2)cc1. The molecule has 162 valence electrons. The van der Waals surface area contributed by atoms with Gasteiger partial charge in [0, 0.05) is 5.56 Å². The molecule has 0 aliphatic heterocycles. The zero-order valence-electron chi connectivity index (χ0n) is 16.4. The molecule has 0 bridgehead atoms. The first-order chi connectivity index (χ1) is 14.7. The quantitative estimate of drug-likeness (QED) is 0.282. The van der Waals surface area contributed by atoms with Crippen molar-refractivity contribution in [3.05, 3.63) is 89.8 Å². The summed E-state index contributed by atoms with van der Waals surface area (Å²) in [7, 11) is 0. The predicted molar refractivity (Wildman–Crippen MR) is 107 cm³/mol. The van der Waals surface area contributed by atoms with E-state index in [2.05, 4.69) is 10.8 Å². The third-order valence-corrected chi connectivity index (χ3v) is 4.62. The number of allylic oxidation sites excluding steroid dienone is 2. The van der Waals surface area contributed by atoms with Crippen LogP contribution in [0.15, 0.2) is 66.7 Å². The van der Waals surface area contributed by atoms with E-state index >= 15 is 0 Å². The van der Waals surface area contributed by atoms with Gasteiger partial charge >= 0.3 is 6.36 Å². The van der Waals surface area contributed by atoms with Crippen molar-refractivity contribution < 1.29 is 31.1 Å². The minimum Gasteiger partial charge on any atom is -0.399 e. The lowest BCUT2D eigenvalue weighted by Crippen LogP contribution is -2.19. The van der Waals surface area contributed by atoms with Crippen molar-refractivity contribution in [2.75, 3.05) is 0 Å². The topological polar surface area (TPSA) is 9.23 Å². The van der Waals surface area contributed by atoms with Gasteiger partial charge in [0.25, 0.3) is 0 Å². The van der Waals surface area contributed by atoms with E-state index in [9.17, 15) is 26.3 Å². The van der Waals surface area contributed by atoms with Gasteiger partial charge in [0.2, 0.25) is 5.75 Å². The van der Waals surface area contributed by atoms with Gasteiger partial charge in [-0.1, -0.05) is 48.6 Å². The first-order valence-electron chi connectivity index (χ1n) is 9.43. The van der Waals surface area contributed by atoms with Crippen molar-refractivity contribution in [2.24, 2.45) is 0 Å². The Kier molecular flexibility index (Phi) is 6.73. The fraction of sp³-hybridized carbons (Fsp3) is 0.167. The van der Waals surface area contributed by atoms with Crippen molar-refractivity contribution in [3.63, 3.8) is 0 Å². The lowest BCUT2D eigenvalue weighted by molar-refractivity contribution is -0.276. The molecule has 3 aromatic rings. The number of ether oxygens (including phenoxy) is 1. The molecule has 3 rings (SSSR count). The third kappa shape index (κ3) is 5.69. The Labute approximate surface area is 175 Å². The Hall–Kier alpha value is -3.22. The molecule has 7 heteroatoms. The van der Waals surface area contributed by atoms with E-state index in [0.29, 0.717) is 17.7 Å². The van der Waals surface area contributed by atoms with Gasteiger partial charge in [0.05, 0.1) is 0 Å². The Morgan fingerprint density at radius 2 is 1.35 bits per heavy atom. The minimum atomic E-state index is -5.25. The molecule has 0 spiro atoms. The highest BCUT2D eigenvalue weighted by atomic mass is 19.4. The van der Waals surface area contributed by atoms with E-state index in [1.807, 2.05) is 37.3 Å². The van der Waals surface area contributed by atoms with Crippen molar-refractivity contribution in [1.82, 2.24) is 0 Å². The second-order valence-corrected chi connectivity index (χ2v) is 6.82.